The van der Waals surface area contributed by atoms with Gasteiger partial charge < -0.3 is 5.32 Å². The second-order valence-corrected chi connectivity index (χ2v) is 5.83. The molecule has 1 aromatic carbocycles. The summed E-state index contributed by atoms with van der Waals surface area (Å²) >= 11 is 0. The van der Waals surface area contributed by atoms with Gasteiger partial charge in [0.1, 0.15) is 5.82 Å². The molecule has 0 spiro atoms. The maximum absolute atomic E-state index is 13.9. The van der Waals surface area contributed by atoms with Gasteiger partial charge >= 0.3 is 0 Å². The molecule has 0 fully saturated rings. The lowest BCUT2D eigenvalue weighted by Crippen LogP contribution is -2.28. The quantitative estimate of drug-likeness (QED) is 0.734. The van der Waals surface area contributed by atoms with Crippen molar-refractivity contribution in [2.24, 2.45) is 5.92 Å². The molecule has 0 bridgehead atoms. The zero-order chi connectivity index (χ0) is 12.8. The summed E-state index contributed by atoms with van der Waals surface area (Å²) in [6, 6.07) is 3.33. The van der Waals surface area contributed by atoms with Gasteiger partial charge in [0.05, 0.1) is 0 Å². The first-order chi connectivity index (χ1) is 7.79. The number of nitrogens with one attached hydrogen (secondary N) is 1. The van der Waals surface area contributed by atoms with E-state index in [1.807, 2.05) is 33.8 Å². The normalized spacial score (nSPS) is 19.8. The molecule has 0 radical (unpaired) electrons. The summed E-state index contributed by atoms with van der Waals surface area (Å²) in [7, 11) is 0. The fraction of sp³-hybridized carbons (Fsp3) is 0.500. The molecule has 1 heterocycles. The van der Waals surface area contributed by atoms with E-state index >= 15 is 0 Å². The van der Waals surface area contributed by atoms with Crippen LogP contribution in [-0.4, -0.2) is 5.91 Å². The van der Waals surface area contributed by atoms with E-state index in [0.29, 0.717) is 17.7 Å². The molecule has 0 saturated carbocycles. The molecule has 0 saturated heterocycles. The number of benzene rings is 1. The van der Waals surface area contributed by atoms with Gasteiger partial charge in [0.2, 0.25) is 5.91 Å². The van der Waals surface area contributed by atoms with Crippen LogP contribution in [0.4, 0.5) is 10.1 Å². The van der Waals surface area contributed by atoms with Crippen LogP contribution in [0, 0.1) is 11.7 Å². The molecular formula is C14H18FNO. The summed E-state index contributed by atoms with van der Waals surface area (Å²) in [4.78, 5) is 11.5. The Bertz CT molecular complexity index is 474. The average molecular weight is 235 g/mol. The largest absolute Gasteiger partial charge is 0.325 e. The predicted octanol–water partition coefficient (Wildman–Crippen LogP) is 3.25. The summed E-state index contributed by atoms with van der Waals surface area (Å²) in [6.07, 6.45) is 0.685. The molecule has 0 aromatic heterocycles. The van der Waals surface area contributed by atoms with E-state index in [9.17, 15) is 9.18 Å². The number of amides is 1. The van der Waals surface area contributed by atoms with Crippen molar-refractivity contribution in [3.05, 3.63) is 29.1 Å². The summed E-state index contributed by atoms with van der Waals surface area (Å²) < 4.78 is 13.9. The number of halogens is 1. The molecule has 1 amide bonds. The van der Waals surface area contributed by atoms with Crippen LogP contribution in [0.25, 0.3) is 0 Å². The fourth-order valence-corrected chi connectivity index (χ4v) is 2.16. The smallest absolute Gasteiger partial charge is 0.227 e. The molecule has 1 unspecified atom stereocenters. The van der Waals surface area contributed by atoms with Crippen molar-refractivity contribution in [1.29, 1.82) is 0 Å². The monoisotopic (exact) mass is 235 g/mol. The SMILES string of the molecule is CC1Cc2cc(C(C)(C)C)c(F)cc2NC1=O. The van der Waals surface area contributed by atoms with Gasteiger partial charge in [-0.2, -0.15) is 0 Å². The molecule has 2 rings (SSSR count). The van der Waals surface area contributed by atoms with E-state index < -0.39 is 0 Å². The molecule has 2 nitrogen and oxygen atoms in total. The summed E-state index contributed by atoms with van der Waals surface area (Å²) in [5.41, 5.74) is 2.14. The van der Waals surface area contributed by atoms with E-state index in [1.54, 1.807) is 0 Å². The van der Waals surface area contributed by atoms with Crippen LogP contribution in [0.5, 0.6) is 0 Å². The Morgan fingerprint density at radius 1 is 1.35 bits per heavy atom. The minimum atomic E-state index is -0.244. The Balaban J connectivity index is 2.51. The van der Waals surface area contributed by atoms with Gasteiger partial charge in [0, 0.05) is 11.6 Å². The molecule has 17 heavy (non-hydrogen) atoms. The van der Waals surface area contributed by atoms with Crippen LogP contribution in [0.15, 0.2) is 12.1 Å². The molecule has 3 heteroatoms. The third kappa shape index (κ3) is 2.19. The summed E-state index contributed by atoms with van der Waals surface area (Å²) in [5, 5.41) is 2.75. The minimum Gasteiger partial charge on any atom is -0.325 e. The first kappa shape index (κ1) is 12.1. The fourth-order valence-electron chi connectivity index (χ4n) is 2.16. The van der Waals surface area contributed by atoms with E-state index in [0.717, 1.165) is 5.56 Å². The van der Waals surface area contributed by atoms with E-state index in [1.165, 1.54) is 6.07 Å². The third-order valence-electron chi connectivity index (χ3n) is 3.23. The standard InChI is InChI=1S/C14H18FNO/c1-8-5-9-6-10(14(2,3)4)11(15)7-12(9)16-13(8)17/h6-8H,5H2,1-4H3,(H,16,17). The van der Waals surface area contributed by atoms with Crippen LogP contribution in [0.2, 0.25) is 0 Å². The third-order valence-corrected chi connectivity index (χ3v) is 3.23. The highest BCUT2D eigenvalue weighted by Crippen LogP contribution is 2.33. The second kappa shape index (κ2) is 3.83. The van der Waals surface area contributed by atoms with E-state index in [4.69, 9.17) is 0 Å². The Hall–Kier alpha value is -1.38. The highest BCUT2D eigenvalue weighted by atomic mass is 19.1. The molecule has 1 aromatic rings. The number of hydrogen-bond donors (Lipinski definition) is 1. The first-order valence-corrected chi connectivity index (χ1v) is 5.93. The van der Waals surface area contributed by atoms with Gasteiger partial charge in [-0.05, 0) is 29.0 Å². The Morgan fingerprint density at radius 2 is 2.00 bits per heavy atom. The summed E-state index contributed by atoms with van der Waals surface area (Å²) in [6.45, 7) is 7.85. The van der Waals surface area contributed by atoms with Crippen molar-refractivity contribution in [2.75, 3.05) is 5.32 Å². The molecular weight excluding hydrogens is 217 g/mol. The zero-order valence-electron chi connectivity index (χ0n) is 10.7. The van der Waals surface area contributed by atoms with Crippen LogP contribution < -0.4 is 5.32 Å². The molecule has 1 aliphatic heterocycles. The van der Waals surface area contributed by atoms with E-state index in [2.05, 4.69) is 5.32 Å². The molecule has 1 N–H and O–H groups in total. The van der Waals surface area contributed by atoms with Gasteiger partial charge in [-0.3, -0.25) is 4.79 Å². The van der Waals surface area contributed by atoms with Crippen molar-refractivity contribution in [3.8, 4) is 0 Å². The molecule has 92 valence electrons. The number of carbonyl (C=O) groups excluding carboxylic acids is 1. The topological polar surface area (TPSA) is 29.1 Å². The first-order valence-electron chi connectivity index (χ1n) is 5.93. The average Bonchev–Trinajstić information content (AvgIpc) is 2.18. The maximum atomic E-state index is 13.9. The van der Waals surface area contributed by atoms with Crippen LogP contribution in [0.3, 0.4) is 0 Å². The minimum absolute atomic E-state index is 0.0274. The van der Waals surface area contributed by atoms with Crippen molar-refractivity contribution < 1.29 is 9.18 Å². The lowest BCUT2D eigenvalue weighted by atomic mass is 9.83. The van der Waals surface area contributed by atoms with Gasteiger partial charge in [-0.1, -0.05) is 33.8 Å². The lowest BCUT2D eigenvalue weighted by molar-refractivity contribution is -0.119. The van der Waals surface area contributed by atoms with Crippen molar-refractivity contribution in [1.82, 2.24) is 0 Å². The number of fused-ring (bicyclic) bond motifs is 1. The number of carbonyl (C=O) groups is 1. The van der Waals surface area contributed by atoms with Gasteiger partial charge in [0.25, 0.3) is 0 Å². The van der Waals surface area contributed by atoms with Crippen LogP contribution in [-0.2, 0) is 16.6 Å². The van der Waals surface area contributed by atoms with Gasteiger partial charge in [0.15, 0.2) is 0 Å². The predicted molar refractivity (Wildman–Crippen MR) is 66.6 cm³/mol. The van der Waals surface area contributed by atoms with Crippen molar-refractivity contribution >= 4 is 11.6 Å². The Morgan fingerprint density at radius 3 is 2.59 bits per heavy atom. The maximum Gasteiger partial charge on any atom is 0.227 e. The zero-order valence-corrected chi connectivity index (χ0v) is 10.7. The van der Waals surface area contributed by atoms with Crippen molar-refractivity contribution in [2.45, 2.75) is 39.5 Å². The van der Waals surface area contributed by atoms with Crippen LogP contribution in [0.1, 0.15) is 38.8 Å². The van der Waals surface area contributed by atoms with Crippen molar-refractivity contribution in [3.63, 3.8) is 0 Å². The molecule has 1 aliphatic rings. The highest BCUT2D eigenvalue weighted by Gasteiger charge is 2.26. The second-order valence-electron chi connectivity index (χ2n) is 5.83. The molecule has 0 aliphatic carbocycles. The number of anilines is 1. The van der Waals surface area contributed by atoms with Gasteiger partial charge in [-0.25, -0.2) is 4.39 Å². The Kier molecular flexibility index (Phi) is 2.72. The molecule has 1 atom stereocenters. The summed E-state index contributed by atoms with van der Waals surface area (Å²) in [5.74, 6) is -0.313. The van der Waals surface area contributed by atoms with E-state index in [-0.39, 0.29) is 23.1 Å². The number of rotatable bonds is 0. The number of hydrogen-bond acceptors (Lipinski definition) is 1. The Labute approximate surface area is 101 Å². The highest BCUT2D eigenvalue weighted by molar-refractivity contribution is 5.95. The van der Waals surface area contributed by atoms with Crippen LogP contribution >= 0.6 is 0 Å². The lowest BCUT2D eigenvalue weighted by Gasteiger charge is -2.26. The van der Waals surface area contributed by atoms with Gasteiger partial charge in [-0.15, -0.1) is 0 Å².